The first-order chi connectivity index (χ1) is 11.2. The van der Waals surface area contributed by atoms with Crippen LogP contribution < -0.4 is 19.5 Å². The number of amides is 2. The Hall–Kier alpha value is -2.44. The van der Waals surface area contributed by atoms with E-state index in [1.54, 1.807) is 23.1 Å². The molecule has 0 aromatic heterocycles. The third-order valence-electron chi connectivity index (χ3n) is 3.98. The number of hydrogen-bond acceptors (Lipinski definition) is 5. The number of likely N-dealkylation sites (tertiary alicyclic amines) is 1. The lowest BCUT2D eigenvalue weighted by Gasteiger charge is -2.14. The zero-order chi connectivity index (χ0) is 16.2. The molecule has 0 aliphatic carbocycles. The molecule has 0 saturated carbocycles. The van der Waals surface area contributed by atoms with E-state index in [4.69, 9.17) is 14.2 Å². The molecule has 0 unspecified atom stereocenters. The first-order valence-electron chi connectivity index (χ1n) is 7.75. The van der Waals surface area contributed by atoms with Crippen molar-refractivity contribution in [1.29, 1.82) is 0 Å². The van der Waals surface area contributed by atoms with Crippen molar-refractivity contribution in [3.05, 3.63) is 18.2 Å². The molecule has 0 radical (unpaired) electrons. The van der Waals surface area contributed by atoms with Crippen LogP contribution in [0.2, 0.25) is 0 Å². The summed E-state index contributed by atoms with van der Waals surface area (Å²) in [6.07, 6.45) is 0.294. The predicted octanol–water partition coefficient (Wildman–Crippen LogP) is 0.779. The van der Waals surface area contributed by atoms with Crippen LogP contribution in [-0.2, 0) is 9.59 Å². The van der Waals surface area contributed by atoms with Gasteiger partial charge in [0.15, 0.2) is 11.5 Å². The van der Waals surface area contributed by atoms with Gasteiger partial charge in [-0.2, -0.15) is 0 Å². The Morgan fingerprint density at radius 3 is 3.00 bits per heavy atom. The van der Waals surface area contributed by atoms with E-state index in [9.17, 15) is 9.59 Å². The Morgan fingerprint density at radius 1 is 1.39 bits per heavy atom. The molecule has 0 bridgehead atoms. The highest BCUT2D eigenvalue weighted by Gasteiger charge is 2.33. The second kappa shape index (κ2) is 6.76. The fourth-order valence-electron chi connectivity index (χ4n) is 2.71. The molecule has 23 heavy (non-hydrogen) atoms. The lowest BCUT2D eigenvalue weighted by Crippen LogP contribution is -2.35. The van der Waals surface area contributed by atoms with Gasteiger partial charge in [-0.15, -0.1) is 0 Å². The third-order valence-corrected chi connectivity index (χ3v) is 3.98. The maximum Gasteiger partial charge on any atom is 0.231 e. The van der Waals surface area contributed by atoms with Crippen LogP contribution in [0.4, 0.5) is 0 Å². The molecule has 2 heterocycles. The number of nitrogens with one attached hydrogen (secondary N) is 1. The van der Waals surface area contributed by atoms with Gasteiger partial charge < -0.3 is 24.4 Å². The van der Waals surface area contributed by atoms with E-state index in [1.165, 1.54) is 0 Å². The van der Waals surface area contributed by atoms with Crippen LogP contribution in [0, 0.1) is 5.92 Å². The van der Waals surface area contributed by atoms with Crippen molar-refractivity contribution in [2.24, 2.45) is 5.92 Å². The summed E-state index contributed by atoms with van der Waals surface area (Å²) in [6, 6.07) is 5.35. The fraction of sp³-hybridized carbons (Fsp3) is 0.500. The average molecular weight is 320 g/mol. The van der Waals surface area contributed by atoms with E-state index in [-0.39, 0.29) is 24.5 Å². The Labute approximate surface area is 134 Å². The summed E-state index contributed by atoms with van der Waals surface area (Å²) in [5.74, 6) is 1.73. The third kappa shape index (κ3) is 3.49. The van der Waals surface area contributed by atoms with Gasteiger partial charge in [-0.25, -0.2) is 0 Å². The molecule has 2 aliphatic heterocycles. The minimum atomic E-state index is -0.256. The lowest BCUT2D eigenvalue weighted by atomic mass is 10.1. The number of carbonyl (C=O) groups is 2. The first-order valence-corrected chi connectivity index (χ1v) is 7.75. The maximum absolute atomic E-state index is 12.0. The maximum atomic E-state index is 12.0. The largest absolute Gasteiger partial charge is 0.492 e. The lowest BCUT2D eigenvalue weighted by molar-refractivity contribution is -0.128. The highest BCUT2D eigenvalue weighted by Crippen LogP contribution is 2.34. The highest BCUT2D eigenvalue weighted by molar-refractivity contribution is 5.89. The van der Waals surface area contributed by atoms with Crippen LogP contribution in [0.3, 0.4) is 0 Å². The molecule has 1 atom stereocenters. The topological polar surface area (TPSA) is 77.1 Å². The van der Waals surface area contributed by atoms with Gasteiger partial charge in [0, 0.05) is 25.6 Å². The molecule has 1 fully saturated rings. The van der Waals surface area contributed by atoms with Crippen LogP contribution >= 0.6 is 0 Å². The molecule has 1 aromatic carbocycles. The number of hydrogen-bond donors (Lipinski definition) is 1. The summed E-state index contributed by atoms with van der Waals surface area (Å²) in [6.45, 7) is 4.04. The summed E-state index contributed by atoms with van der Waals surface area (Å²) in [5, 5.41) is 2.81. The summed E-state index contributed by atoms with van der Waals surface area (Å²) < 4.78 is 16.1. The summed E-state index contributed by atoms with van der Waals surface area (Å²) in [5.41, 5.74) is 0. The van der Waals surface area contributed by atoms with Gasteiger partial charge in [-0.05, 0) is 19.1 Å². The van der Waals surface area contributed by atoms with Crippen molar-refractivity contribution in [1.82, 2.24) is 10.2 Å². The molecule has 7 heteroatoms. The molecule has 1 saturated heterocycles. The molecule has 124 valence electrons. The summed E-state index contributed by atoms with van der Waals surface area (Å²) in [7, 11) is 0. The average Bonchev–Trinajstić information content (AvgIpc) is 3.16. The van der Waals surface area contributed by atoms with E-state index in [0.717, 1.165) is 0 Å². The highest BCUT2D eigenvalue weighted by atomic mass is 16.7. The molecule has 1 N–H and O–H groups in total. The van der Waals surface area contributed by atoms with Crippen molar-refractivity contribution in [3.63, 3.8) is 0 Å². The second-order valence-electron chi connectivity index (χ2n) is 5.49. The zero-order valence-corrected chi connectivity index (χ0v) is 13.0. The minimum absolute atomic E-state index is 0.0456. The number of nitrogens with zero attached hydrogens (tertiary/aromatic N) is 1. The minimum Gasteiger partial charge on any atom is -0.492 e. The normalized spacial score (nSPS) is 19.1. The van der Waals surface area contributed by atoms with Crippen LogP contribution in [0.5, 0.6) is 17.2 Å². The Balaban J connectivity index is 1.40. The van der Waals surface area contributed by atoms with Crippen LogP contribution in [-0.4, -0.2) is 49.7 Å². The predicted molar refractivity (Wildman–Crippen MR) is 81.4 cm³/mol. The van der Waals surface area contributed by atoms with Gasteiger partial charge in [-0.3, -0.25) is 9.59 Å². The number of benzene rings is 1. The Morgan fingerprint density at radius 2 is 2.22 bits per heavy atom. The van der Waals surface area contributed by atoms with E-state index >= 15 is 0 Å². The van der Waals surface area contributed by atoms with Crippen molar-refractivity contribution >= 4 is 11.8 Å². The van der Waals surface area contributed by atoms with Crippen molar-refractivity contribution < 1.29 is 23.8 Å². The standard InChI is InChI=1S/C16H20N2O5/c1-2-18-9-11(7-15(18)19)16(20)17-5-6-21-12-3-4-13-14(8-12)23-10-22-13/h3-4,8,11H,2,5-7,9-10H2,1H3,(H,17,20)/t11-/m1/s1. The molecular formula is C16H20N2O5. The van der Waals surface area contributed by atoms with E-state index in [0.29, 0.717) is 49.9 Å². The Kier molecular flexibility index (Phi) is 4.55. The quantitative estimate of drug-likeness (QED) is 0.784. The molecule has 2 aliphatic rings. The number of carbonyl (C=O) groups excluding carboxylic acids is 2. The summed E-state index contributed by atoms with van der Waals surface area (Å²) >= 11 is 0. The molecule has 0 spiro atoms. The van der Waals surface area contributed by atoms with Gasteiger partial charge in [0.2, 0.25) is 18.6 Å². The van der Waals surface area contributed by atoms with E-state index in [1.807, 2.05) is 6.92 Å². The second-order valence-corrected chi connectivity index (χ2v) is 5.49. The van der Waals surface area contributed by atoms with Crippen molar-refractivity contribution in [2.75, 3.05) is 33.0 Å². The number of ether oxygens (including phenoxy) is 3. The molecular weight excluding hydrogens is 300 g/mol. The molecule has 3 rings (SSSR count). The van der Waals surface area contributed by atoms with Gasteiger partial charge >= 0.3 is 0 Å². The SMILES string of the molecule is CCN1C[C@H](C(=O)NCCOc2ccc3c(c2)OCO3)CC1=O. The molecule has 7 nitrogen and oxygen atoms in total. The number of rotatable bonds is 6. The van der Waals surface area contributed by atoms with Gasteiger partial charge in [0.1, 0.15) is 12.4 Å². The smallest absolute Gasteiger partial charge is 0.231 e. The Bertz CT molecular complexity index is 604. The fourth-order valence-corrected chi connectivity index (χ4v) is 2.71. The van der Waals surface area contributed by atoms with Crippen LogP contribution in [0.1, 0.15) is 13.3 Å². The van der Waals surface area contributed by atoms with E-state index in [2.05, 4.69) is 5.32 Å². The molecule has 1 aromatic rings. The zero-order valence-electron chi connectivity index (χ0n) is 13.0. The number of fused-ring (bicyclic) bond motifs is 1. The van der Waals surface area contributed by atoms with Gasteiger partial charge in [0.05, 0.1) is 12.5 Å². The van der Waals surface area contributed by atoms with Gasteiger partial charge in [-0.1, -0.05) is 0 Å². The van der Waals surface area contributed by atoms with Crippen molar-refractivity contribution in [3.8, 4) is 17.2 Å². The van der Waals surface area contributed by atoms with Crippen LogP contribution in [0.25, 0.3) is 0 Å². The van der Waals surface area contributed by atoms with Crippen LogP contribution in [0.15, 0.2) is 18.2 Å². The first kappa shape index (κ1) is 15.5. The van der Waals surface area contributed by atoms with Crippen molar-refractivity contribution in [2.45, 2.75) is 13.3 Å². The summed E-state index contributed by atoms with van der Waals surface area (Å²) in [4.78, 5) is 25.4. The molecule has 2 amide bonds. The van der Waals surface area contributed by atoms with E-state index < -0.39 is 0 Å². The van der Waals surface area contributed by atoms with Gasteiger partial charge in [0.25, 0.3) is 0 Å². The monoisotopic (exact) mass is 320 g/mol.